The van der Waals surface area contributed by atoms with Crippen molar-refractivity contribution in [2.75, 3.05) is 11.9 Å². The number of furan rings is 1. The molecule has 8 nitrogen and oxygen atoms in total. The summed E-state index contributed by atoms with van der Waals surface area (Å²) < 4.78 is 12.4. The highest BCUT2D eigenvalue weighted by atomic mass is 32.1. The highest BCUT2D eigenvalue weighted by Crippen LogP contribution is 2.26. The van der Waals surface area contributed by atoms with Crippen LogP contribution < -0.4 is 5.32 Å². The monoisotopic (exact) mass is 458 g/mol. The second kappa shape index (κ2) is 9.80. The van der Waals surface area contributed by atoms with Crippen molar-refractivity contribution in [2.45, 2.75) is 6.92 Å². The summed E-state index contributed by atoms with van der Waals surface area (Å²) in [4.78, 5) is 24.2. The van der Waals surface area contributed by atoms with Gasteiger partial charge in [-0.2, -0.15) is 10.4 Å². The largest absolute Gasteiger partial charge is 0.460 e. The van der Waals surface area contributed by atoms with Gasteiger partial charge in [0.05, 0.1) is 11.3 Å². The number of ether oxygens (including phenoxy) is 1. The van der Waals surface area contributed by atoms with Gasteiger partial charge in [0.25, 0.3) is 5.91 Å². The van der Waals surface area contributed by atoms with Crippen LogP contribution >= 0.6 is 11.3 Å². The lowest BCUT2D eigenvalue weighted by atomic mass is 10.2. The molecule has 0 fully saturated rings. The van der Waals surface area contributed by atoms with Gasteiger partial charge in [-0.3, -0.25) is 4.79 Å². The molecular weight excluding hydrogens is 440 g/mol. The minimum Gasteiger partial charge on any atom is -0.460 e. The van der Waals surface area contributed by atoms with Gasteiger partial charge >= 0.3 is 5.97 Å². The zero-order chi connectivity index (χ0) is 23.2. The molecule has 0 atom stereocenters. The van der Waals surface area contributed by atoms with Crippen LogP contribution in [0.5, 0.6) is 0 Å². The van der Waals surface area contributed by atoms with Crippen molar-refractivity contribution < 1.29 is 18.7 Å². The zero-order valence-corrected chi connectivity index (χ0v) is 18.3. The molecule has 0 radical (unpaired) electrons. The Bertz CT molecular complexity index is 1360. The molecule has 4 aromatic rings. The molecule has 0 saturated carbocycles. The first kappa shape index (κ1) is 21.8. The number of carbonyl (C=O) groups excluding carboxylic acids is 2. The number of aromatic nitrogens is 2. The Morgan fingerprint density at radius 1 is 1.24 bits per heavy atom. The third-order valence-corrected chi connectivity index (χ3v) is 5.35. The van der Waals surface area contributed by atoms with Crippen molar-refractivity contribution in [3.8, 4) is 23.2 Å². The van der Waals surface area contributed by atoms with Gasteiger partial charge in [0.1, 0.15) is 22.5 Å². The van der Waals surface area contributed by atoms with Gasteiger partial charge in [-0.1, -0.05) is 18.2 Å². The molecule has 1 amide bonds. The molecular formula is C24H18N4O4S. The van der Waals surface area contributed by atoms with Gasteiger partial charge in [-0.25, -0.2) is 9.48 Å². The highest BCUT2D eigenvalue weighted by Gasteiger charge is 2.15. The molecule has 33 heavy (non-hydrogen) atoms. The standard InChI is InChI=1S/C24H18N4O4S/c1-16-7-9-20(32-16)23-18(14-28(27-23)19-5-3-2-4-6-19)8-10-22(30)31-15-21(29)26-24-17(13-25)11-12-33-24/h2-12,14H,15H2,1H3,(H,26,29). The maximum atomic E-state index is 12.2. The van der Waals surface area contributed by atoms with Crippen molar-refractivity contribution in [1.29, 1.82) is 5.26 Å². The Kier molecular flexibility index (Phi) is 6.48. The van der Waals surface area contributed by atoms with Gasteiger partial charge in [0, 0.05) is 17.8 Å². The maximum Gasteiger partial charge on any atom is 0.331 e. The smallest absolute Gasteiger partial charge is 0.331 e. The second-order valence-electron chi connectivity index (χ2n) is 6.89. The number of nitrogens with zero attached hydrogens (tertiary/aromatic N) is 3. The number of aryl methyl sites for hydroxylation is 1. The number of anilines is 1. The van der Waals surface area contributed by atoms with Crippen LogP contribution in [-0.4, -0.2) is 28.3 Å². The quantitative estimate of drug-likeness (QED) is 0.321. The summed E-state index contributed by atoms with van der Waals surface area (Å²) in [5.41, 5.74) is 2.42. The highest BCUT2D eigenvalue weighted by molar-refractivity contribution is 7.14. The lowest BCUT2D eigenvalue weighted by Crippen LogP contribution is -2.20. The predicted octanol–water partition coefficient (Wildman–Crippen LogP) is 4.57. The van der Waals surface area contributed by atoms with Crippen molar-refractivity contribution in [3.63, 3.8) is 0 Å². The summed E-state index contributed by atoms with van der Waals surface area (Å²) >= 11 is 1.22. The number of carbonyl (C=O) groups is 2. The summed E-state index contributed by atoms with van der Waals surface area (Å²) in [5.74, 6) is 0.0916. The molecule has 164 valence electrons. The van der Waals surface area contributed by atoms with E-state index in [9.17, 15) is 9.59 Å². The Labute approximate surface area is 193 Å². The number of esters is 1. The fraction of sp³-hybridized carbons (Fsp3) is 0.0833. The van der Waals surface area contributed by atoms with E-state index in [0.29, 0.717) is 27.6 Å². The zero-order valence-electron chi connectivity index (χ0n) is 17.5. The first-order valence-corrected chi connectivity index (χ1v) is 10.8. The minimum absolute atomic E-state index is 0.357. The number of hydrogen-bond acceptors (Lipinski definition) is 7. The Hall–Kier alpha value is -4.42. The number of benzene rings is 1. The summed E-state index contributed by atoms with van der Waals surface area (Å²) in [7, 11) is 0. The van der Waals surface area contributed by atoms with E-state index in [-0.39, 0.29) is 0 Å². The molecule has 9 heteroatoms. The van der Waals surface area contributed by atoms with E-state index in [1.807, 2.05) is 55.5 Å². The van der Waals surface area contributed by atoms with E-state index in [1.54, 1.807) is 28.4 Å². The number of thiophene rings is 1. The number of nitrogens with one attached hydrogen (secondary N) is 1. The van der Waals surface area contributed by atoms with Crippen molar-refractivity contribution in [1.82, 2.24) is 9.78 Å². The molecule has 0 unspecified atom stereocenters. The molecule has 4 rings (SSSR count). The fourth-order valence-electron chi connectivity index (χ4n) is 2.97. The SMILES string of the molecule is Cc1ccc(-c2nn(-c3ccccc3)cc2C=CC(=O)OCC(=O)Nc2sccc2C#N)o1. The van der Waals surface area contributed by atoms with E-state index < -0.39 is 18.5 Å². The van der Waals surface area contributed by atoms with Gasteiger partial charge in [-0.05, 0) is 48.7 Å². The Balaban J connectivity index is 1.46. The first-order valence-electron chi connectivity index (χ1n) is 9.87. The topological polar surface area (TPSA) is 110 Å². The van der Waals surface area contributed by atoms with Gasteiger partial charge < -0.3 is 14.5 Å². The third kappa shape index (κ3) is 5.26. The van der Waals surface area contributed by atoms with Gasteiger partial charge in [0.2, 0.25) is 0 Å². The van der Waals surface area contributed by atoms with E-state index in [1.165, 1.54) is 17.4 Å². The van der Waals surface area contributed by atoms with Crippen LogP contribution in [-0.2, 0) is 14.3 Å². The van der Waals surface area contributed by atoms with Crippen molar-refractivity contribution >= 4 is 34.3 Å². The second-order valence-corrected chi connectivity index (χ2v) is 7.80. The Morgan fingerprint density at radius 2 is 2.06 bits per heavy atom. The number of para-hydroxylation sites is 1. The van der Waals surface area contributed by atoms with Crippen molar-refractivity contribution in [3.05, 3.63) is 83.1 Å². The van der Waals surface area contributed by atoms with E-state index in [0.717, 1.165) is 11.4 Å². The van der Waals surface area contributed by atoms with Gasteiger partial charge in [0.15, 0.2) is 12.4 Å². The summed E-state index contributed by atoms with van der Waals surface area (Å²) in [6.07, 6.45) is 4.57. The lowest BCUT2D eigenvalue weighted by molar-refractivity contribution is -0.142. The van der Waals surface area contributed by atoms with Crippen LogP contribution in [0.25, 0.3) is 23.2 Å². The lowest BCUT2D eigenvalue weighted by Gasteiger charge is -2.03. The Morgan fingerprint density at radius 3 is 2.79 bits per heavy atom. The summed E-state index contributed by atoms with van der Waals surface area (Å²) in [6, 6.07) is 16.8. The molecule has 0 spiro atoms. The summed E-state index contributed by atoms with van der Waals surface area (Å²) in [5, 5.41) is 18.3. The molecule has 1 aromatic carbocycles. The third-order valence-electron chi connectivity index (χ3n) is 4.52. The number of amides is 1. The first-order chi connectivity index (χ1) is 16.0. The summed E-state index contributed by atoms with van der Waals surface area (Å²) in [6.45, 7) is 1.37. The van der Waals surface area contributed by atoms with Crippen LogP contribution in [0.2, 0.25) is 0 Å². The molecule has 3 heterocycles. The van der Waals surface area contributed by atoms with Crippen LogP contribution in [0.15, 0.2) is 70.6 Å². The average molecular weight is 458 g/mol. The molecule has 1 N–H and O–H groups in total. The van der Waals surface area contributed by atoms with E-state index in [2.05, 4.69) is 10.4 Å². The molecule has 0 bridgehead atoms. The van der Waals surface area contributed by atoms with Crippen molar-refractivity contribution in [2.24, 2.45) is 0 Å². The number of nitriles is 1. The van der Waals surface area contributed by atoms with Crippen LogP contribution in [0.1, 0.15) is 16.9 Å². The molecule has 0 aliphatic heterocycles. The molecule has 0 aliphatic carbocycles. The number of rotatable bonds is 7. The van der Waals surface area contributed by atoms with Gasteiger partial charge in [-0.15, -0.1) is 11.3 Å². The van der Waals surface area contributed by atoms with E-state index >= 15 is 0 Å². The normalized spacial score (nSPS) is 10.8. The molecule has 3 aromatic heterocycles. The number of hydrogen-bond donors (Lipinski definition) is 1. The maximum absolute atomic E-state index is 12.2. The molecule has 0 saturated heterocycles. The average Bonchev–Trinajstić information content (AvgIpc) is 3.56. The van der Waals surface area contributed by atoms with Crippen LogP contribution in [0, 0.1) is 18.3 Å². The van der Waals surface area contributed by atoms with Crippen LogP contribution in [0.3, 0.4) is 0 Å². The predicted molar refractivity (Wildman–Crippen MR) is 124 cm³/mol. The fourth-order valence-corrected chi connectivity index (χ4v) is 3.73. The van der Waals surface area contributed by atoms with E-state index in [4.69, 9.17) is 14.4 Å². The minimum atomic E-state index is -0.689. The molecule has 0 aliphatic rings. The van der Waals surface area contributed by atoms with Crippen LogP contribution in [0.4, 0.5) is 5.00 Å².